The van der Waals surface area contributed by atoms with Crippen LogP contribution in [0.5, 0.6) is 0 Å². The molecule has 1 amide bonds. The van der Waals surface area contributed by atoms with E-state index in [-0.39, 0.29) is 6.42 Å². The number of hydrogen-bond donors (Lipinski definition) is 2. The van der Waals surface area contributed by atoms with Crippen LogP contribution in [-0.4, -0.2) is 23.8 Å². The van der Waals surface area contributed by atoms with Crippen LogP contribution >= 0.6 is 0 Å². The largest absolute Gasteiger partial charge is 0.481 e. The topological polar surface area (TPSA) is 75.6 Å². The molecule has 1 rings (SSSR count). The van der Waals surface area contributed by atoms with Crippen molar-refractivity contribution >= 4 is 17.7 Å². The van der Waals surface area contributed by atoms with Crippen molar-refractivity contribution in [3.05, 3.63) is 29.8 Å². The third kappa shape index (κ3) is 5.34. The first kappa shape index (κ1) is 14.0. The van der Waals surface area contributed by atoms with Gasteiger partial charge in [0.05, 0.1) is 13.0 Å². The van der Waals surface area contributed by atoms with Crippen molar-refractivity contribution in [1.29, 1.82) is 0 Å². The predicted molar refractivity (Wildman–Crippen MR) is 67.7 cm³/mol. The monoisotopic (exact) mass is 251 g/mol. The number of benzene rings is 1. The molecule has 0 radical (unpaired) electrons. The van der Waals surface area contributed by atoms with E-state index in [4.69, 9.17) is 9.84 Å². The summed E-state index contributed by atoms with van der Waals surface area (Å²) in [5, 5.41) is 11.2. The number of anilines is 1. The second-order valence-corrected chi connectivity index (χ2v) is 3.88. The zero-order valence-corrected chi connectivity index (χ0v) is 10.3. The van der Waals surface area contributed by atoms with Gasteiger partial charge < -0.3 is 9.84 Å². The lowest BCUT2D eigenvalue weighted by molar-refractivity contribution is -0.136. The van der Waals surface area contributed by atoms with Gasteiger partial charge in [-0.25, -0.2) is 4.79 Å². The van der Waals surface area contributed by atoms with Gasteiger partial charge in [0.25, 0.3) is 0 Å². The second-order valence-electron chi connectivity index (χ2n) is 3.88. The number of carboxylic acid groups (broad SMARTS) is 1. The van der Waals surface area contributed by atoms with E-state index < -0.39 is 12.1 Å². The van der Waals surface area contributed by atoms with E-state index >= 15 is 0 Å². The van der Waals surface area contributed by atoms with Crippen LogP contribution in [0.4, 0.5) is 10.5 Å². The Kier molecular flexibility index (Phi) is 5.70. The third-order valence-electron chi connectivity index (χ3n) is 2.29. The number of nitrogens with one attached hydrogen (secondary N) is 1. The summed E-state index contributed by atoms with van der Waals surface area (Å²) in [7, 11) is 0. The maximum absolute atomic E-state index is 11.3. The fourth-order valence-electron chi connectivity index (χ4n) is 1.34. The predicted octanol–water partition coefficient (Wildman–Crippen LogP) is 2.66. The van der Waals surface area contributed by atoms with Crippen LogP contribution in [0.2, 0.25) is 0 Å². The van der Waals surface area contributed by atoms with Gasteiger partial charge in [0.15, 0.2) is 0 Å². The van der Waals surface area contributed by atoms with Crippen LogP contribution < -0.4 is 5.32 Å². The molecule has 2 N–H and O–H groups in total. The third-order valence-corrected chi connectivity index (χ3v) is 2.29. The minimum absolute atomic E-state index is 0.0266. The van der Waals surface area contributed by atoms with E-state index in [0.717, 1.165) is 12.8 Å². The number of rotatable bonds is 6. The van der Waals surface area contributed by atoms with E-state index in [1.807, 2.05) is 6.92 Å². The van der Waals surface area contributed by atoms with Crippen LogP contribution in [0.15, 0.2) is 24.3 Å². The summed E-state index contributed by atoms with van der Waals surface area (Å²) in [5.41, 5.74) is 1.28. The first-order chi connectivity index (χ1) is 8.61. The van der Waals surface area contributed by atoms with Gasteiger partial charge in [-0.05, 0) is 24.1 Å². The van der Waals surface area contributed by atoms with Crippen LogP contribution in [0.1, 0.15) is 25.3 Å². The number of carboxylic acids is 1. The summed E-state index contributed by atoms with van der Waals surface area (Å²) in [5.74, 6) is -0.880. The molecule has 0 aliphatic rings. The lowest BCUT2D eigenvalue weighted by atomic mass is 10.1. The molecular formula is C13H17NO4. The lowest BCUT2D eigenvalue weighted by Crippen LogP contribution is -2.14. The average molecular weight is 251 g/mol. The summed E-state index contributed by atoms with van der Waals surface area (Å²) in [6.45, 7) is 2.42. The van der Waals surface area contributed by atoms with Crippen LogP contribution in [0.25, 0.3) is 0 Å². The average Bonchev–Trinajstić information content (AvgIpc) is 2.31. The number of hydrogen-bond acceptors (Lipinski definition) is 3. The van der Waals surface area contributed by atoms with Gasteiger partial charge in [-0.3, -0.25) is 10.1 Å². The van der Waals surface area contributed by atoms with Gasteiger partial charge in [0.2, 0.25) is 0 Å². The number of amides is 1. The molecular weight excluding hydrogens is 234 g/mol. The standard InChI is InChI=1S/C13H17NO4/c1-2-3-8-18-13(17)14-11-6-4-10(5-7-11)9-12(15)16/h4-7H,2-3,8-9H2,1H3,(H,14,17)(H,15,16). The fourth-order valence-corrected chi connectivity index (χ4v) is 1.34. The summed E-state index contributed by atoms with van der Waals surface area (Å²) in [4.78, 5) is 21.8. The van der Waals surface area contributed by atoms with Crippen LogP contribution in [0.3, 0.4) is 0 Å². The zero-order valence-electron chi connectivity index (χ0n) is 10.3. The molecule has 5 heteroatoms. The lowest BCUT2D eigenvalue weighted by Gasteiger charge is -2.06. The molecule has 18 heavy (non-hydrogen) atoms. The highest BCUT2D eigenvalue weighted by Crippen LogP contribution is 2.10. The second kappa shape index (κ2) is 7.32. The van der Waals surface area contributed by atoms with E-state index in [9.17, 15) is 9.59 Å². The molecule has 0 saturated heterocycles. The Morgan fingerprint density at radius 3 is 2.50 bits per heavy atom. The van der Waals surface area contributed by atoms with Gasteiger partial charge in [-0.1, -0.05) is 25.5 Å². The van der Waals surface area contributed by atoms with Gasteiger partial charge in [-0.2, -0.15) is 0 Å². The Bertz CT molecular complexity index is 400. The van der Waals surface area contributed by atoms with Crippen molar-refractivity contribution in [3.8, 4) is 0 Å². The molecule has 1 aromatic carbocycles. The minimum Gasteiger partial charge on any atom is -0.481 e. The Morgan fingerprint density at radius 1 is 1.28 bits per heavy atom. The molecule has 1 aromatic rings. The molecule has 0 heterocycles. The molecule has 0 fully saturated rings. The first-order valence-corrected chi connectivity index (χ1v) is 5.86. The molecule has 0 saturated carbocycles. The highest BCUT2D eigenvalue weighted by atomic mass is 16.5. The number of carbonyl (C=O) groups is 2. The molecule has 0 atom stereocenters. The highest BCUT2D eigenvalue weighted by molar-refractivity contribution is 5.84. The summed E-state index contributed by atoms with van der Waals surface area (Å²) in [6.07, 6.45) is 1.29. The Hall–Kier alpha value is -2.04. The fraction of sp³-hybridized carbons (Fsp3) is 0.385. The molecule has 0 aliphatic heterocycles. The molecule has 0 bridgehead atoms. The molecule has 0 spiro atoms. The van der Waals surface area contributed by atoms with Gasteiger partial charge in [0.1, 0.15) is 0 Å². The van der Waals surface area contributed by atoms with Gasteiger partial charge in [0, 0.05) is 5.69 Å². The van der Waals surface area contributed by atoms with E-state index in [1.54, 1.807) is 24.3 Å². The van der Waals surface area contributed by atoms with Crippen molar-refractivity contribution in [2.45, 2.75) is 26.2 Å². The van der Waals surface area contributed by atoms with E-state index in [0.29, 0.717) is 17.9 Å². The maximum atomic E-state index is 11.3. The number of aliphatic carboxylic acids is 1. The quantitative estimate of drug-likeness (QED) is 0.762. The smallest absolute Gasteiger partial charge is 0.411 e. The molecule has 0 aromatic heterocycles. The Balaban J connectivity index is 2.43. The van der Waals surface area contributed by atoms with Gasteiger partial charge in [-0.15, -0.1) is 0 Å². The Morgan fingerprint density at radius 2 is 1.94 bits per heavy atom. The van der Waals surface area contributed by atoms with Crippen molar-refractivity contribution in [2.75, 3.05) is 11.9 Å². The number of unbranched alkanes of at least 4 members (excludes halogenated alkanes) is 1. The minimum atomic E-state index is -0.880. The molecule has 0 aliphatic carbocycles. The normalized spacial score (nSPS) is 9.83. The summed E-state index contributed by atoms with van der Waals surface area (Å²) < 4.78 is 4.94. The molecule has 0 unspecified atom stereocenters. The van der Waals surface area contributed by atoms with Crippen molar-refractivity contribution in [3.63, 3.8) is 0 Å². The Labute approximate surface area is 106 Å². The number of carbonyl (C=O) groups excluding carboxylic acids is 1. The molecule has 98 valence electrons. The van der Waals surface area contributed by atoms with Crippen LogP contribution in [0, 0.1) is 0 Å². The van der Waals surface area contributed by atoms with Crippen molar-refractivity contribution in [2.24, 2.45) is 0 Å². The summed E-state index contributed by atoms with van der Waals surface area (Å²) in [6, 6.07) is 6.63. The zero-order chi connectivity index (χ0) is 13.4. The van der Waals surface area contributed by atoms with E-state index in [1.165, 1.54) is 0 Å². The van der Waals surface area contributed by atoms with Crippen molar-refractivity contribution in [1.82, 2.24) is 0 Å². The van der Waals surface area contributed by atoms with E-state index in [2.05, 4.69) is 5.32 Å². The highest BCUT2D eigenvalue weighted by Gasteiger charge is 2.04. The first-order valence-electron chi connectivity index (χ1n) is 5.86. The SMILES string of the molecule is CCCCOC(=O)Nc1ccc(CC(=O)O)cc1. The maximum Gasteiger partial charge on any atom is 0.411 e. The number of ether oxygens (including phenoxy) is 1. The van der Waals surface area contributed by atoms with Gasteiger partial charge >= 0.3 is 12.1 Å². The summed E-state index contributed by atoms with van der Waals surface area (Å²) >= 11 is 0. The van der Waals surface area contributed by atoms with Crippen LogP contribution in [-0.2, 0) is 16.0 Å². The molecule has 5 nitrogen and oxygen atoms in total. The van der Waals surface area contributed by atoms with Crippen molar-refractivity contribution < 1.29 is 19.4 Å².